The van der Waals surface area contributed by atoms with Crippen LogP contribution < -0.4 is 5.73 Å². The smallest absolute Gasteiger partial charge is 0.257 e. The highest BCUT2D eigenvalue weighted by Crippen LogP contribution is 2.26. The summed E-state index contributed by atoms with van der Waals surface area (Å²) in [4.78, 5) is 14.6. The summed E-state index contributed by atoms with van der Waals surface area (Å²) >= 11 is 6.24. The number of amides is 1. The normalized spacial score (nSPS) is 17.1. The Bertz CT molecular complexity index is 672. The van der Waals surface area contributed by atoms with Gasteiger partial charge in [0.15, 0.2) is 0 Å². The van der Waals surface area contributed by atoms with Gasteiger partial charge < -0.3 is 15.1 Å². The van der Waals surface area contributed by atoms with Crippen molar-refractivity contribution in [3.05, 3.63) is 58.5 Å². The number of likely N-dealkylation sites (tertiary alicyclic amines) is 1. The highest BCUT2D eigenvalue weighted by molar-refractivity contribution is 6.31. The molecule has 0 radical (unpaired) electrons. The SMILES string of the molecule is Cl.NCc1cc(C(=O)N2CCCC2Cc2ccccc2Cl)co1. The summed E-state index contributed by atoms with van der Waals surface area (Å²) in [6.45, 7) is 1.08. The van der Waals surface area contributed by atoms with Crippen molar-refractivity contribution >= 4 is 29.9 Å². The molecule has 1 atom stereocenters. The van der Waals surface area contributed by atoms with Crippen molar-refractivity contribution in [2.45, 2.75) is 31.8 Å². The lowest BCUT2D eigenvalue weighted by atomic mass is 10.0. The summed E-state index contributed by atoms with van der Waals surface area (Å²) in [5, 5.41) is 0.760. The molecular formula is C17H20Cl2N2O2. The molecule has 6 heteroatoms. The summed E-state index contributed by atoms with van der Waals surface area (Å²) in [6, 6.07) is 9.72. The summed E-state index contributed by atoms with van der Waals surface area (Å²) in [6.07, 6.45) is 4.30. The molecule has 0 aliphatic carbocycles. The zero-order chi connectivity index (χ0) is 15.5. The van der Waals surface area contributed by atoms with Crippen LogP contribution in [0.1, 0.15) is 34.5 Å². The standard InChI is InChI=1S/C17H19ClN2O2.ClH/c18-16-6-2-1-4-12(16)8-14-5-3-7-20(14)17(21)13-9-15(10-19)22-11-13;/h1-2,4,6,9,11,14H,3,5,7-8,10,19H2;1H. The number of nitrogens with zero attached hydrogens (tertiary/aromatic N) is 1. The van der Waals surface area contributed by atoms with E-state index >= 15 is 0 Å². The fourth-order valence-electron chi connectivity index (χ4n) is 3.00. The summed E-state index contributed by atoms with van der Waals surface area (Å²) in [7, 11) is 0. The second-order valence-electron chi connectivity index (χ2n) is 5.60. The van der Waals surface area contributed by atoms with E-state index in [1.807, 2.05) is 29.2 Å². The molecule has 1 aliphatic heterocycles. The van der Waals surface area contributed by atoms with Crippen molar-refractivity contribution in [1.29, 1.82) is 0 Å². The molecule has 2 N–H and O–H groups in total. The first-order valence-corrected chi connectivity index (χ1v) is 7.88. The van der Waals surface area contributed by atoms with Gasteiger partial charge in [0.25, 0.3) is 5.91 Å². The first-order valence-electron chi connectivity index (χ1n) is 7.51. The van der Waals surface area contributed by atoms with E-state index < -0.39 is 0 Å². The van der Waals surface area contributed by atoms with Crippen LogP contribution in [0.3, 0.4) is 0 Å². The molecule has 1 unspecified atom stereocenters. The summed E-state index contributed by atoms with van der Waals surface area (Å²) in [5.74, 6) is 0.642. The largest absolute Gasteiger partial charge is 0.467 e. The Kier molecular flexibility index (Phi) is 6.10. The molecule has 3 rings (SSSR count). The minimum absolute atomic E-state index is 0. The van der Waals surface area contributed by atoms with Crippen molar-refractivity contribution in [2.75, 3.05) is 6.54 Å². The second-order valence-corrected chi connectivity index (χ2v) is 6.00. The number of benzene rings is 1. The number of carbonyl (C=O) groups excluding carboxylic acids is 1. The predicted octanol–water partition coefficient (Wildman–Crippen LogP) is 3.66. The lowest BCUT2D eigenvalue weighted by Crippen LogP contribution is -2.36. The highest BCUT2D eigenvalue weighted by Gasteiger charge is 2.30. The molecule has 0 spiro atoms. The van der Waals surface area contributed by atoms with Crippen molar-refractivity contribution in [2.24, 2.45) is 5.73 Å². The van der Waals surface area contributed by atoms with Crippen molar-refractivity contribution in [1.82, 2.24) is 4.90 Å². The molecule has 4 nitrogen and oxygen atoms in total. The number of hydrogen-bond acceptors (Lipinski definition) is 3. The van der Waals surface area contributed by atoms with Gasteiger partial charge in [-0.1, -0.05) is 29.8 Å². The van der Waals surface area contributed by atoms with E-state index in [0.29, 0.717) is 17.9 Å². The van der Waals surface area contributed by atoms with Crippen molar-refractivity contribution < 1.29 is 9.21 Å². The number of nitrogens with two attached hydrogens (primary N) is 1. The van der Waals surface area contributed by atoms with Gasteiger partial charge in [-0.3, -0.25) is 4.79 Å². The lowest BCUT2D eigenvalue weighted by Gasteiger charge is -2.24. The highest BCUT2D eigenvalue weighted by atomic mass is 35.5. The summed E-state index contributed by atoms with van der Waals surface area (Å²) < 4.78 is 5.27. The Morgan fingerprint density at radius 1 is 1.39 bits per heavy atom. The third-order valence-corrected chi connectivity index (χ3v) is 4.52. The number of carbonyl (C=O) groups is 1. The molecule has 0 bridgehead atoms. The number of halogens is 2. The zero-order valence-electron chi connectivity index (χ0n) is 12.7. The van der Waals surface area contributed by atoms with Gasteiger partial charge in [-0.15, -0.1) is 12.4 Å². The van der Waals surface area contributed by atoms with Crippen LogP contribution in [-0.4, -0.2) is 23.4 Å². The molecule has 1 aromatic carbocycles. The Balaban J connectivity index is 0.00000192. The van der Waals surface area contributed by atoms with Crippen molar-refractivity contribution in [3.8, 4) is 0 Å². The molecule has 2 aromatic rings. The maximum atomic E-state index is 12.7. The van der Waals surface area contributed by atoms with Gasteiger partial charge in [0.1, 0.15) is 12.0 Å². The Hall–Kier alpha value is -1.49. The van der Waals surface area contributed by atoms with Crippen LogP contribution in [0.2, 0.25) is 5.02 Å². The zero-order valence-corrected chi connectivity index (χ0v) is 14.3. The molecule has 23 heavy (non-hydrogen) atoms. The first kappa shape index (κ1) is 17.9. The summed E-state index contributed by atoms with van der Waals surface area (Å²) in [5.41, 5.74) is 7.19. The van der Waals surface area contributed by atoms with Crippen LogP contribution in [-0.2, 0) is 13.0 Å². The third kappa shape index (κ3) is 3.89. The molecule has 1 amide bonds. The lowest BCUT2D eigenvalue weighted by molar-refractivity contribution is 0.0736. The molecule has 1 saturated heterocycles. The fraction of sp³-hybridized carbons (Fsp3) is 0.353. The molecule has 1 fully saturated rings. The van der Waals surface area contributed by atoms with Crippen molar-refractivity contribution in [3.63, 3.8) is 0 Å². The molecule has 2 heterocycles. The van der Waals surface area contributed by atoms with E-state index in [0.717, 1.165) is 36.4 Å². The third-order valence-electron chi connectivity index (χ3n) is 4.15. The number of hydrogen-bond donors (Lipinski definition) is 1. The average molecular weight is 355 g/mol. The van der Waals surface area contributed by atoms with Crippen LogP contribution in [0.15, 0.2) is 41.0 Å². The van der Waals surface area contributed by atoms with E-state index in [1.165, 1.54) is 6.26 Å². The quantitative estimate of drug-likeness (QED) is 0.911. The van der Waals surface area contributed by atoms with Crippen LogP contribution in [0.4, 0.5) is 0 Å². The van der Waals surface area contributed by atoms with Gasteiger partial charge in [-0.2, -0.15) is 0 Å². The average Bonchev–Trinajstić information content (AvgIpc) is 3.18. The molecule has 124 valence electrons. The first-order chi connectivity index (χ1) is 10.7. The minimum Gasteiger partial charge on any atom is -0.467 e. The second kappa shape index (κ2) is 7.86. The molecule has 1 aromatic heterocycles. The fourth-order valence-corrected chi connectivity index (χ4v) is 3.21. The Morgan fingerprint density at radius 2 is 2.17 bits per heavy atom. The minimum atomic E-state index is 0. The van der Waals surface area contributed by atoms with Crippen LogP contribution in [0, 0.1) is 0 Å². The maximum absolute atomic E-state index is 12.7. The van der Waals surface area contributed by atoms with Gasteiger partial charge in [0.2, 0.25) is 0 Å². The van der Waals surface area contributed by atoms with Crippen LogP contribution in [0.5, 0.6) is 0 Å². The van der Waals surface area contributed by atoms with Gasteiger partial charge in [-0.05, 0) is 37.0 Å². The monoisotopic (exact) mass is 354 g/mol. The maximum Gasteiger partial charge on any atom is 0.257 e. The molecular weight excluding hydrogens is 335 g/mol. The van der Waals surface area contributed by atoms with E-state index in [2.05, 4.69) is 0 Å². The van der Waals surface area contributed by atoms with E-state index in [4.69, 9.17) is 21.8 Å². The Labute approximate surface area is 147 Å². The number of rotatable bonds is 4. The molecule has 0 saturated carbocycles. The topological polar surface area (TPSA) is 59.5 Å². The van der Waals surface area contributed by atoms with Gasteiger partial charge in [0.05, 0.1) is 12.1 Å². The van der Waals surface area contributed by atoms with Gasteiger partial charge in [0, 0.05) is 17.6 Å². The predicted molar refractivity (Wildman–Crippen MR) is 93.1 cm³/mol. The van der Waals surface area contributed by atoms with Crippen LogP contribution >= 0.6 is 24.0 Å². The van der Waals surface area contributed by atoms with E-state index in [-0.39, 0.29) is 24.4 Å². The van der Waals surface area contributed by atoms with E-state index in [1.54, 1.807) is 6.07 Å². The Morgan fingerprint density at radius 3 is 2.87 bits per heavy atom. The van der Waals surface area contributed by atoms with Gasteiger partial charge >= 0.3 is 0 Å². The van der Waals surface area contributed by atoms with Crippen LogP contribution in [0.25, 0.3) is 0 Å². The molecule has 1 aliphatic rings. The van der Waals surface area contributed by atoms with E-state index in [9.17, 15) is 4.79 Å². The van der Waals surface area contributed by atoms with Gasteiger partial charge in [-0.25, -0.2) is 0 Å². The number of furan rings is 1.